The number of likely N-dealkylation sites (N-methyl/N-ethyl adjacent to an activating group) is 1. The average molecular weight is 441 g/mol. The second kappa shape index (κ2) is 8.43. The molecule has 0 unspecified atom stereocenters. The molecular weight excluding hydrogens is 416 g/mol. The number of hydrogen-bond acceptors (Lipinski definition) is 7. The van der Waals surface area contributed by atoms with Crippen molar-refractivity contribution in [1.29, 1.82) is 0 Å². The van der Waals surface area contributed by atoms with E-state index in [4.69, 9.17) is 9.47 Å². The van der Waals surface area contributed by atoms with E-state index in [9.17, 15) is 8.42 Å². The van der Waals surface area contributed by atoms with E-state index in [0.717, 1.165) is 29.1 Å². The summed E-state index contributed by atoms with van der Waals surface area (Å²) in [5, 5.41) is 0. The Balaban J connectivity index is 1.54. The van der Waals surface area contributed by atoms with Gasteiger partial charge in [0.1, 0.15) is 19.0 Å². The van der Waals surface area contributed by atoms with Crippen molar-refractivity contribution in [1.82, 2.24) is 9.97 Å². The number of fused-ring (bicyclic) bond motifs is 1. The first-order valence-corrected chi connectivity index (χ1v) is 11.3. The zero-order chi connectivity index (χ0) is 22.0. The summed E-state index contributed by atoms with van der Waals surface area (Å²) in [6, 6.07) is 12.4. The van der Waals surface area contributed by atoms with Crippen molar-refractivity contribution in [2.45, 2.75) is 25.3 Å². The maximum absolute atomic E-state index is 12.8. The predicted octanol–water partition coefficient (Wildman–Crippen LogP) is 3.30. The maximum atomic E-state index is 12.8. The van der Waals surface area contributed by atoms with Gasteiger partial charge in [-0.25, -0.2) is 18.4 Å². The van der Waals surface area contributed by atoms with Crippen LogP contribution in [0.1, 0.15) is 16.8 Å². The molecular formula is C22H24N4O4S. The Labute approximate surface area is 181 Å². The molecule has 4 rings (SSSR count). The zero-order valence-electron chi connectivity index (χ0n) is 17.6. The third-order valence-electron chi connectivity index (χ3n) is 4.92. The lowest BCUT2D eigenvalue weighted by molar-refractivity contribution is 0.289. The highest BCUT2D eigenvalue weighted by molar-refractivity contribution is 7.92. The van der Waals surface area contributed by atoms with Crippen molar-refractivity contribution in [3.8, 4) is 11.6 Å². The van der Waals surface area contributed by atoms with Crippen LogP contribution >= 0.6 is 0 Å². The van der Waals surface area contributed by atoms with Crippen LogP contribution in [0.4, 0.5) is 11.5 Å². The molecule has 162 valence electrons. The van der Waals surface area contributed by atoms with Gasteiger partial charge in [0.05, 0.1) is 29.0 Å². The van der Waals surface area contributed by atoms with E-state index >= 15 is 0 Å². The number of aryl methyl sites for hydroxylation is 2. The maximum Gasteiger partial charge on any atom is 0.263 e. The average Bonchev–Trinajstić information content (AvgIpc) is 2.74. The van der Waals surface area contributed by atoms with Crippen LogP contribution in [-0.4, -0.2) is 38.6 Å². The van der Waals surface area contributed by atoms with Crippen LogP contribution in [0.2, 0.25) is 0 Å². The summed E-state index contributed by atoms with van der Waals surface area (Å²) in [6.45, 7) is 5.32. The largest absolute Gasteiger partial charge is 0.490 e. The fraction of sp³-hybridized carbons (Fsp3) is 0.273. The Morgan fingerprint density at radius 1 is 1.16 bits per heavy atom. The van der Waals surface area contributed by atoms with Gasteiger partial charge in [-0.1, -0.05) is 23.8 Å². The number of nitrogens with zero attached hydrogens (tertiary/aromatic N) is 3. The number of anilines is 2. The van der Waals surface area contributed by atoms with Gasteiger partial charge in [0, 0.05) is 7.05 Å². The van der Waals surface area contributed by atoms with Crippen molar-refractivity contribution in [2.24, 2.45) is 0 Å². The molecule has 3 aromatic rings. The second-order valence-electron chi connectivity index (χ2n) is 7.44. The van der Waals surface area contributed by atoms with E-state index in [-0.39, 0.29) is 23.2 Å². The molecule has 0 amide bonds. The van der Waals surface area contributed by atoms with Gasteiger partial charge in [0.15, 0.2) is 0 Å². The first-order chi connectivity index (χ1) is 14.8. The first-order valence-electron chi connectivity index (χ1n) is 9.84. The lowest BCUT2D eigenvalue weighted by Crippen LogP contribution is -2.28. The second-order valence-corrected chi connectivity index (χ2v) is 9.13. The van der Waals surface area contributed by atoms with Crippen LogP contribution in [0.15, 0.2) is 53.6 Å². The summed E-state index contributed by atoms with van der Waals surface area (Å²) in [5.74, 6) is 0.956. The summed E-state index contributed by atoms with van der Waals surface area (Å²) in [4.78, 5) is 10.8. The van der Waals surface area contributed by atoms with Crippen LogP contribution in [-0.2, 0) is 16.6 Å². The summed E-state index contributed by atoms with van der Waals surface area (Å²) < 4.78 is 39.6. The Bertz CT molecular complexity index is 1200. The number of rotatable bonds is 6. The molecule has 2 aromatic carbocycles. The minimum atomic E-state index is -3.82. The molecule has 0 saturated heterocycles. The molecule has 31 heavy (non-hydrogen) atoms. The van der Waals surface area contributed by atoms with Crippen molar-refractivity contribution >= 4 is 21.5 Å². The molecule has 0 atom stereocenters. The van der Waals surface area contributed by atoms with Gasteiger partial charge in [-0.2, -0.15) is 0 Å². The van der Waals surface area contributed by atoms with Gasteiger partial charge in [-0.05, 0) is 43.7 Å². The van der Waals surface area contributed by atoms with Crippen molar-refractivity contribution in [3.05, 3.63) is 65.5 Å². The third-order valence-corrected chi connectivity index (χ3v) is 6.27. The fourth-order valence-corrected chi connectivity index (χ4v) is 4.18. The Morgan fingerprint density at radius 3 is 2.71 bits per heavy atom. The number of hydrogen-bond donors (Lipinski definition) is 1. The fourth-order valence-electron chi connectivity index (χ4n) is 3.17. The molecule has 1 aromatic heterocycles. The molecule has 0 fully saturated rings. The molecule has 1 N–H and O–H groups in total. The first kappa shape index (κ1) is 20.9. The molecule has 2 heterocycles. The molecule has 0 spiro atoms. The van der Waals surface area contributed by atoms with Gasteiger partial charge in [-0.3, -0.25) is 4.72 Å². The van der Waals surface area contributed by atoms with E-state index in [1.165, 1.54) is 6.20 Å². The zero-order valence-corrected chi connectivity index (χ0v) is 18.4. The highest BCUT2D eigenvalue weighted by Gasteiger charge is 2.20. The van der Waals surface area contributed by atoms with Crippen molar-refractivity contribution in [3.63, 3.8) is 0 Å². The predicted molar refractivity (Wildman–Crippen MR) is 118 cm³/mol. The van der Waals surface area contributed by atoms with Gasteiger partial charge >= 0.3 is 0 Å². The van der Waals surface area contributed by atoms with Gasteiger partial charge in [0.2, 0.25) is 5.82 Å². The monoisotopic (exact) mass is 440 g/mol. The minimum absolute atomic E-state index is 0.0418. The van der Waals surface area contributed by atoms with Crippen LogP contribution < -0.4 is 19.1 Å². The molecule has 0 saturated carbocycles. The SMILES string of the molecule is Cc1ccc(S(=O)(=O)Nc2ncc(C)nc2OCc2ccc3c(c2)OCCN3C)cc1. The van der Waals surface area contributed by atoms with Crippen LogP contribution in [0, 0.1) is 13.8 Å². The molecule has 8 nitrogen and oxygen atoms in total. The van der Waals surface area contributed by atoms with Gasteiger partial charge in [-0.15, -0.1) is 0 Å². The normalized spacial score (nSPS) is 13.3. The van der Waals surface area contributed by atoms with Crippen LogP contribution in [0.5, 0.6) is 11.6 Å². The lowest BCUT2D eigenvalue weighted by Gasteiger charge is -2.28. The quantitative estimate of drug-likeness (QED) is 0.628. The number of aromatic nitrogens is 2. The molecule has 1 aliphatic heterocycles. The van der Waals surface area contributed by atoms with E-state index in [0.29, 0.717) is 12.3 Å². The Morgan fingerprint density at radius 2 is 1.94 bits per heavy atom. The molecule has 9 heteroatoms. The molecule has 0 aliphatic carbocycles. The molecule has 1 aliphatic rings. The Hall–Kier alpha value is -3.33. The highest BCUT2D eigenvalue weighted by Crippen LogP contribution is 2.32. The summed E-state index contributed by atoms with van der Waals surface area (Å²) >= 11 is 0. The Kier molecular flexibility index (Phi) is 5.69. The number of sulfonamides is 1. The van der Waals surface area contributed by atoms with Crippen molar-refractivity contribution < 1.29 is 17.9 Å². The summed E-state index contributed by atoms with van der Waals surface area (Å²) in [7, 11) is -1.80. The van der Waals surface area contributed by atoms with Gasteiger partial charge < -0.3 is 14.4 Å². The smallest absolute Gasteiger partial charge is 0.263 e. The van der Waals surface area contributed by atoms with E-state index < -0.39 is 10.0 Å². The molecule has 0 bridgehead atoms. The highest BCUT2D eigenvalue weighted by atomic mass is 32.2. The van der Waals surface area contributed by atoms with E-state index in [1.54, 1.807) is 31.2 Å². The summed E-state index contributed by atoms with van der Waals surface area (Å²) in [5.41, 5.74) is 3.49. The van der Waals surface area contributed by atoms with Crippen LogP contribution in [0.3, 0.4) is 0 Å². The minimum Gasteiger partial charge on any atom is -0.490 e. The lowest BCUT2D eigenvalue weighted by atomic mass is 10.1. The van der Waals surface area contributed by atoms with Crippen LogP contribution in [0.25, 0.3) is 0 Å². The number of benzene rings is 2. The molecule has 0 radical (unpaired) electrons. The van der Waals surface area contributed by atoms with E-state index in [2.05, 4.69) is 19.6 Å². The topological polar surface area (TPSA) is 93.7 Å². The third kappa shape index (κ3) is 4.72. The van der Waals surface area contributed by atoms with Crippen molar-refractivity contribution in [2.75, 3.05) is 29.8 Å². The van der Waals surface area contributed by atoms with E-state index in [1.807, 2.05) is 32.2 Å². The number of ether oxygens (including phenoxy) is 2. The van der Waals surface area contributed by atoms with Gasteiger partial charge in [0.25, 0.3) is 15.9 Å². The number of nitrogens with one attached hydrogen (secondary N) is 1. The summed E-state index contributed by atoms with van der Waals surface area (Å²) in [6.07, 6.45) is 1.49. The standard InChI is InChI=1S/C22H24N4O4S/c1-15-4-7-18(8-5-15)31(27,28)25-21-22(24-16(2)13-23-21)30-14-17-6-9-19-20(12-17)29-11-10-26(19)3/h4-9,12-13H,10-11,14H2,1-3H3,(H,23,25).